The van der Waals surface area contributed by atoms with Gasteiger partial charge in [-0.1, -0.05) is 5.16 Å². The van der Waals surface area contributed by atoms with Gasteiger partial charge in [0.2, 0.25) is 5.89 Å². The van der Waals surface area contributed by atoms with Crippen molar-refractivity contribution < 1.29 is 4.52 Å². The highest BCUT2D eigenvalue weighted by molar-refractivity contribution is 5.85. The highest BCUT2D eigenvalue weighted by Gasteiger charge is 2.30. The van der Waals surface area contributed by atoms with Gasteiger partial charge in [0.25, 0.3) is 0 Å². The molecule has 2 aliphatic heterocycles. The fourth-order valence-corrected chi connectivity index (χ4v) is 3.27. The maximum Gasteiger partial charge on any atom is 0.240 e. The molecule has 4 rings (SSSR count). The first-order valence-electron chi connectivity index (χ1n) is 7.88. The third-order valence-electron chi connectivity index (χ3n) is 4.74. The van der Waals surface area contributed by atoms with Gasteiger partial charge in [-0.25, -0.2) is 0 Å². The molecule has 1 atom stereocenters. The molecule has 21 heavy (non-hydrogen) atoms. The standard InChI is InChI=1S/C14H23N5O.ClH/c1-2-11(1)14-16-13(20-17-14)10-18-5-7-19(8-6-18)12-3-4-15-9-12;/h11-12,15H,1-10H2;1H. The summed E-state index contributed by atoms with van der Waals surface area (Å²) in [7, 11) is 0. The van der Waals surface area contributed by atoms with Crippen LogP contribution in [0.15, 0.2) is 4.52 Å². The zero-order valence-electron chi connectivity index (χ0n) is 12.3. The van der Waals surface area contributed by atoms with Crippen molar-refractivity contribution in [3.63, 3.8) is 0 Å². The van der Waals surface area contributed by atoms with E-state index >= 15 is 0 Å². The predicted molar refractivity (Wildman–Crippen MR) is 81.6 cm³/mol. The minimum Gasteiger partial charge on any atom is -0.338 e. The van der Waals surface area contributed by atoms with Crippen molar-refractivity contribution in [2.24, 2.45) is 0 Å². The SMILES string of the molecule is C1CC(N2CCN(Cc3nc(C4CC4)no3)CC2)CN1.Cl. The van der Waals surface area contributed by atoms with E-state index in [1.54, 1.807) is 0 Å². The van der Waals surface area contributed by atoms with Crippen molar-refractivity contribution in [1.29, 1.82) is 0 Å². The normalized spacial score (nSPS) is 27.7. The number of hydrogen-bond donors (Lipinski definition) is 1. The van der Waals surface area contributed by atoms with E-state index in [2.05, 4.69) is 25.3 Å². The molecule has 1 aromatic rings. The molecule has 1 unspecified atom stereocenters. The first-order valence-corrected chi connectivity index (χ1v) is 7.88. The van der Waals surface area contributed by atoms with E-state index in [4.69, 9.17) is 4.52 Å². The Balaban J connectivity index is 0.00000132. The number of nitrogens with one attached hydrogen (secondary N) is 1. The van der Waals surface area contributed by atoms with Crippen LogP contribution in [0.5, 0.6) is 0 Å². The molecule has 0 bridgehead atoms. The van der Waals surface area contributed by atoms with Crippen molar-refractivity contribution in [1.82, 2.24) is 25.3 Å². The molecule has 3 heterocycles. The highest BCUT2D eigenvalue weighted by atomic mass is 35.5. The van der Waals surface area contributed by atoms with E-state index in [9.17, 15) is 0 Å². The summed E-state index contributed by atoms with van der Waals surface area (Å²) < 4.78 is 5.37. The van der Waals surface area contributed by atoms with Crippen LogP contribution in [-0.2, 0) is 6.54 Å². The summed E-state index contributed by atoms with van der Waals surface area (Å²) in [5, 5.41) is 7.54. The molecule has 1 aliphatic carbocycles. The van der Waals surface area contributed by atoms with Crippen molar-refractivity contribution >= 4 is 12.4 Å². The molecular weight excluding hydrogens is 290 g/mol. The van der Waals surface area contributed by atoms with Gasteiger partial charge >= 0.3 is 0 Å². The van der Waals surface area contributed by atoms with Crippen LogP contribution in [-0.4, -0.2) is 65.3 Å². The van der Waals surface area contributed by atoms with E-state index in [1.807, 2.05) is 0 Å². The lowest BCUT2D eigenvalue weighted by Crippen LogP contribution is -2.50. The zero-order chi connectivity index (χ0) is 13.4. The van der Waals surface area contributed by atoms with E-state index in [0.717, 1.165) is 57.0 Å². The topological polar surface area (TPSA) is 57.4 Å². The Hall–Kier alpha value is -0.690. The van der Waals surface area contributed by atoms with Gasteiger partial charge in [0, 0.05) is 44.7 Å². The van der Waals surface area contributed by atoms with Crippen LogP contribution in [0.3, 0.4) is 0 Å². The Morgan fingerprint density at radius 3 is 2.62 bits per heavy atom. The molecule has 0 spiro atoms. The maximum absolute atomic E-state index is 5.37. The van der Waals surface area contributed by atoms with Crippen LogP contribution < -0.4 is 5.32 Å². The lowest BCUT2D eigenvalue weighted by molar-refractivity contribution is 0.0908. The summed E-state index contributed by atoms with van der Waals surface area (Å²) in [5.41, 5.74) is 0. The number of piperazine rings is 1. The largest absolute Gasteiger partial charge is 0.338 e. The quantitative estimate of drug-likeness (QED) is 0.889. The molecular formula is C14H24ClN5O. The molecule has 1 saturated carbocycles. The predicted octanol–water partition coefficient (Wildman–Crippen LogP) is 0.848. The molecule has 0 aromatic carbocycles. The molecule has 1 N–H and O–H groups in total. The third kappa shape index (κ3) is 3.56. The molecule has 118 valence electrons. The second kappa shape index (κ2) is 6.60. The first kappa shape index (κ1) is 15.2. The summed E-state index contributed by atoms with van der Waals surface area (Å²) in [6.45, 7) is 7.70. The van der Waals surface area contributed by atoms with Gasteiger partial charge in [0.15, 0.2) is 5.82 Å². The summed E-state index contributed by atoms with van der Waals surface area (Å²) in [6, 6.07) is 0.752. The van der Waals surface area contributed by atoms with Crippen molar-refractivity contribution in [2.75, 3.05) is 39.3 Å². The van der Waals surface area contributed by atoms with Crippen molar-refractivity contribution in [2.45, 2.75) is 37.8 Å². The summed E-state index contributed by atoms with van der Waals surface area (Å²) in [6.07, 6.45) is 3.76. The fraction of sp³-hybridized carbons (Fsp3) is 0.857. The number of halogens is 1. The molecule has 0 amide bonds. The second-order valence-electron chi connectivity index (χ2n) is 6.28. The minimum atomic E-state index is 0. The van der Waals surface area contributed by atoms with Crippen molar-refractivity contribution in [3.8, 4) is 0 Å². The van der Waals surface area contributed by atoms with Crippen LogP contribution in [0, 0.1) is 0 Å². The summed E-state index contributed by atoms with van der Waals surface area (Å²) in [5.74, 6) is 2.30. The van der Waals surface area contributed by atoms with E-state index in [-0.39, 0.29) is 12.4 Å². The van der Waals surface area contributed by atoms with Gasteiger partial charge in [-0.2, -0.15) is 4.98 Å². The van der Waals surface area contributed by atoms with Gasteiger partial charge in [0.05, 0.1) is 6.54 Å². The Labute approximate surface area is 131 Å². The molecule has 2 saturated heterocycles. The lowest BCUT2D eigenvalue weighted by Gasteiger charge is -2.37. The Kier molecular flexibility index (Phi) is 4.78. The van der Waals surface area contributed by atoms with Crippen molar-refractivity contribution in [3.05, 3.63) is 11.7 Å². The molecule has 7 heteroatoms. The molecule has 3 fully saturated rings. The first-order chi connectivity index (χ1) is 9.88. The third-order valence-corrected chi connectivity index (χ3v) is 4.74. The summed E-state index contributed by atoms with van der Waals surface area (Å²) >= 11 is 0. The fourth-order valence-electron chi connectivity index (χ4n) is 3.27. The van der Waals surface area contributed by atoms with E-state index in [0.29, 0.717) is 5.92 Å². The maximum atomic E-state index is 5.37. The van der Waals surface area contributed by atoms with E-state index < -0.39 is 0 Å². The van der Waals surface area contributed by atoms with Crippen LogP contribution in [0.4, 0.5) is 0 Å². The molecule has 3 aliphatic rings. The van der Waals surface area contributed by atoms with Gasteiger partial charge in [0.1, 0.15) is 0 Å². The number of aromatic nitrogens is 2. The molecule has 6 nitrogen and oxygen atoms in total. The monoisotopic (exact) mass is 313 g/mol. The van der Waals surface area contributed by atoms with Gasteiger partial charge in [-0.15, -0.1) is 12.4 Å². The van der Waals surface area contributed by atoms with Crippen LogP contribution in [0.2, 0.25) is 0 Å². The van der Waals surface area contributed by atoms with Gasteiger partial charge in [-0.3, -0.25) is 9.80 Å². The van der Waals surface area contributed by atoms with Crippen LogP contribution >= 0.6 is 12.4 Å². The number of hydrogen-bond acceptors (Lipinski definition) is 6. The number of nitrogens with zero attached hydrogens (tertiary/aromatic N) is 4. The number of rotatable bonds is 4. The Morgan fingerprint density at radius 2 is 1.95 bits per heavy atom. The Bertz CT molecular complexity index is 450. The smallest absolute Gasteiger partial charge is 0.240 e. The van der Waals surface area contributed by atoms with Gasteiger partial charge in [-0.05, 0) is 25.8 Å². The average molecular weight is 314 g/mol. The lowest BCUT2D eigenvalue weighted by atomic mass is 10.2. The summed E-state index contributed by atoms with van der Waals surface area (Å²) in [4.78, 5) is 9.58. The van der Waals surface area contributed by atoms with Crippen LogP contribution in [0.1, 0.15) is 36.9 Å². The molecule has 1 aromatic heterocycles. The second-order valence-corrected chi connectivity index (χ2v) is 6.28. The molecule has 0 radical (unpaired) electrons. The minimum absolute atomic E-state index is 0. The zero-order valence-corrected chi connectivity index (χ0v) is 13.1. The average Bonchev–Trinajstić information content (AvgIpc) is 3.00. The van der Waals surface area contributed by atoms with E-state index in [1.165, 1.54) is 25.8 Å². The highest BCUT2D eigenvalue weighted by Crippen LogP contribution is 2.38. The van der Waals surface area contributed by atoms with Crippen LogP contribution in [0.25, 0.3) is 0 Å². The van der Waals surface area contributed by atoms with Gasteiger partial charge < -0.3 is 9.84 Å². The Morgan fingerprint density at radius 1 is 1.14 bits per heavy atom.